The Morgan fingerprint density at radius 1 is 1.00 bits per heavy atom. The summed E-state index contributed by atoms with van der Waals surface area (Å²) in [5.74, 6) is 0. The van der Waals surface area contributed by atoms with Crippen LogP contribution in [-0.4, -0.2) is 11.4 Å². The van der Waals surface area contributed by atoms with Crippen molar-refractivity contribution < 1.29 is 18.9 Å². The first kappa shape index (κ1) is 14.4. The normalized spacial score (nSPS) is 24.6. The molecule has 0 spiro atoms. The van der Waals surface area contributed by atoms with Gasteiger partial charge in [-0.3, -0.25) is 4.90 Å². The van der Waals surface area contributed by atoms with E-state index in [-0.39, 0.29) is 18.9 Å². The van der Waals surface area contributed by atoms with E-state index in [9.17, 15) is 0 Å². The van der Waals surface area contributed by atoms with Crippen molar-refractivity contribution >= 4 is 0 Å². The molecule has 1 nitrogen and oxygen atoms in total. The summed E-state index contributed by atoms with van der Waals surface area (Å²) >= 11 is 0. The van der Waals surface area contributed by atoms with Gasteiger partial charge in [-0.15, -0.1) is 5.56 Å². The Bertz CT molecular complexity index is 452. The fourth-order valence-corrected chi connectivity index (χ4v) is 2.78. The van der Waals surface area contributed by atoms with E-state index in [4.69, 9.17) is 0 Å². The summed E-state index contributed by atoms with van der Waals surface area (Å²) < 4.78 is 0. The smallest absolute Gasteiger partial charge is 0.288 e. The van der Waals surface area contributed by atoms with Crippen LogP contribution in [0.1, 0.15) is 36.6 Å². The van der Waals surface area contributed by atoms with Crippen LogP contribution in [0.25, 0.3) is 0 Å². The van der Waals surface area contributed by atoms with Gasteiger partial charge >= 0.3 is 18.9 Å². The summed E-state index contributed by atoms with van der Waals surface area (Å²) in [7, 11) is 0. The van der Waals surface area contributed by atoms with E-state index in [0.29, 0.717) is 12.1 Å². The van der Waals surface area contributed by atoms with Gasteiger partial charge in [-0.25, -0.2) is 0 Å². The molecule has 92 valence electrons. The van der Waals surface area contributed by atoms with Gasteiger partial charge in [0.1, 0.15) is 0 Å². The van der Waals surface area contributed by atoms with E-state index in [2.05, 4.69) is 60.4 Å². The maximum Gasteiger partial charge on any atom is 1.00 e. The molecule has 1 fully saturated rings. The van der Waals surface area contributed by atoms with Crippen molar-refractivity contribution in [1.29, 1.82) is 0 Å². The molecule has 1 aliphatic rings. The maximum atomic E-state index is 3.38. The Labute approximate surface area is 127 Å². The van der Waals surface area contributed by atoms with Crippen molar-refractivity contribution in [3.63, 3.8) is 0 Å². The molecule has 2 aromatic carbocycles. The number of hydrogen-bond acceptors (Lipinski definition) is 1. The standard InChI is InChI=1S/C17H18N.Li/c1-2-13-18-16(14-9-5-3-6-10-14)17(18)15-11-7-4-8-12-15;/h3-11,16-17H,2,13H2,1H3;/q-1;+1/t16-,17-,18?;/m0./s1. The van der Waals surface area contributed by atoms with Gasteiger partial charge in [0.05, 0.1) is 6.04 Å². The molecule has 0 aromatic heterocycles. The second-order valence-corrected chi connectivity index (χ2v) is 4.86. The number of benzene rings is 2. The molecule has 1 aliphatic heterocycles. The summed E-state index contributed by atoms with van der Waals surface area (Å²) in [5.41, 5.74) is 2.74. The third-order valence-corrected chi connectivity index (χ3v) is 3.60. The minimum absolute atomic E-state index is 0. The average Bonchev–Trinajstić information content (AvgIpc) is 3.15. The van der Waals surface area contributed by atoms with Crippen molar-refractivity contribution in [3.05, 3.63) is 71.8 Å². The van der Waals surface area contributed by atoms with E-state index in [0.717, 1.165) is 6.54 Å². The first-order valence-electron chi connectivity index (χ1n) is 6.69. The van der Waals surface area contributed by atoms with Gasteiger partial charge in [-0.2, -0.15) is 30.3 Å². The molecular weight excluding hydrogens is 225 g/mol. The molecule has 3 atom stereocenters. The minimum Gasteiger partial charge on any atom is -0.288 e. The van der Waals surface area contributed by atoms with Crippen LogP contribution in [0.15, 0.2) is 54.6 Å². The fraction of sp³-hybridized carbons (Fsp3) is 0.294. The van der Waals surface area contributed by atoms with Crippen molar-refractivity contribution in [2.75, 3.05) is 6.54 Å². The SMILES string of the molecule is CCCN1[C@@H](c2[c-]cccc2)[C@@H]1c1ccccc1.[Li+]. The molecule has 0 radical (unpaired) electrons. The molecule has 0 saturated carbocycles. The molecule has 19 heavy (non-hydrogen) atoms. The molecule has 0 amide bonds. The summed E-state index contributed by atoms with van der Waals surface area (Å²) in [6, 6.07) is 23.6. The molecule has 2 heteroatoms. The average molecular weight is 243 g/mol. The van der Waals surface area contributed by atoms with Crippen LogP contribution in [0.2, 0.25) is 0 Å². The largest absolute Gasteiger partial charge is 1.00 e. The van der Waals surface area contributed by atoms with Gasteiger partial charge in [-0.1, -0.05) is 37.3 Å². The van der Waals surface area contributed by atoms with E-state index in [1.54, 1.807) is 0 Å². The van der Waals surface area contributed by atoms with E-state index >= 15 is 0 Å². The number of nitrogens with zero attached hydrogens (tertiary/aromatic N) is 1. The monoisotopic (exact) mass is 243 g/mol. The van der Waals surface area contributed by atoms with Crippen LogP contribution in [-0.2, 0) is 0 Å². The minimum atomic E-state index is 0. The Morgan fingerprint density at radius 3 is 2.37 bits per heavy atom. The summed E-state index contributed by atoms with van der Waals surface area (Å²) in [6.45, 7) is 3.40. The molecule has 2 aromatic rings. The number of rotatable bonds is 4. The van der Waals surface area contributed by atoms with Crippen LogP contribution in [0.4, 0.5) is 0 Å². The molecule has 0 aliphatic carbocycles. The van der Waals surface area contributed by atoms with Crippen LogP contribution < -0.4 is 18.9 Å². The van der Waals surface area contributed by atoms with E-state index in [1.807, 2.05) is 12.1 Å². The van der Waals surface area contributed by atoms with Gasteiger partial charge < -0.3 is 0 Å². The van der Waals surface area contributed by atoms with E-state index < -0.39 is 0 Å². The Kier molecular flexibility index (Phi) is 4.88. The van der Waals surface area contributed by atoms with Gasteiger partial charge in [-0.05, 0) is 18.5 Å². The zero-order chi connectivity index (χ0) is 12.4. The molecule has 1 saturated heterocycles. The third-order valence-electron chi connectivity index (χ3n) is 3.60. The zero-order valence-corrected chi connectivity index (χ0v) is 11.7. The number of hydrogen-bond donors (Lipinski definition) is 0. The summed E-state index contributed by atoms with van der Waals surface area (Å²) in [6.07, 6.45) is 1.20. The quantitative estimate of drug-likeness (QED) is 0.440. The van der Waals surface area contributed by atoms with E-state index in [1.165, 1.54) is 17.5 Å². The van der Waals surface area contributed by atoms with Crippen LogP contribution in [0.3, 0.4) is 0 Å². The van der Waals surface area contributed by atoms with Crippen molar-refractivity contribution in [3.8, 4) is 0 Å². The maximum absolute atomic E-state index is 3.38. The fourth-order valence-electron chi connectivity index (χ4n) is 2.78. The predicted molar refractivity (Wildman–Crippen MR) is 74.2 cm³/mol. The predicted octanol–water partition coefficient (Wildman–Crippen LogP) is 0.999. The first-order chi connectivity index (χ1) is 8.92. The van der Waals surface area contributed by atoms with Crippen molar-refractivity contribution in [2.24, 2.45) is 0 Å². The topological polar surface area (TPSA) is 3.01 Å². The summed E-state index contributed by atoms with van der Waals surface area (Å²) in [4.78, 5) is 2.56. The molecule has 1 unspecified atom stereocenters. The second kappa shape index (κ2) is 6.44. The van der Waals surface area contributed by atoms with Crippen LogP contribution in [0, 0.1) is 6.07 Å². The Morgan fingerprint density at radius 2 is 1.74 bits per heavy atom. The van der Waals surface area contributed by atoms with Gasteiger partial charge in [0.25, 0.3) is 0 Å². The molecule has 3 rings (SSSR count). The molecule has 1 heterocycles. The van der Waals surface area contributed by atoms with Gasteiger partial charge in [0.15, 0.2) is 0 Å². The zero-order valence-electron chi connectivity index (χ0n) is 11.7. The van der Waals surface area contributed by atoms with Crippen LogP contribution >= 0.6 is 0 Å². The summed E-state index contributed by atoms with van der Waals surface area (Å²) in [5, 5.41) is 0. The molecule has 0 N–H and O–H groups in total. The van der Waals surface area contributed by atoms with Crippen LogP contribution in [0.5, 0.6) is 0 Å². The second-order valence-electron chi connectivity index (χ2n) is 4.86. The third kappa shape index (κ3) is 2.95. The van der Waals surface area contributed by atoms with Crippen molar-refractivity contribution in [2.45, 2.75) is 25.4 Å². The Hall–Kier alpha value is -1.00. The van der Waals surface area contributed by atoms with Gasteiger partial charge in [0.2, 0.25) is 0 Å². The molecular formula is C17H18LiN. The molecule has 0 bridgehead atoms. The van der Waals surface area contributed by atoms with Gasteiger partial charge in [0, 0.05) is 6.04 Å². The van der Waals surface area contributed by atoms with Crippen molar-refractivity contribution in [1.82, 2.24) is 4.90 Å². The Balaban J connectivity index is 0.00000133. The first-order valence-corrected chi connectivity index (χ1v) is 6.69.